The van der Waals surface area contributed by atoms with Gasteiger partial charge in [-0.1, -0.05) is 34.6 Å². The minimum Gasteiger partial charge on any atom is -0.481 e. The summed E-state index contributed by atoms with van der Waals surface area (Å²) in [5.41, 5.74) is -1.51. The molecule has 4 heteroatoms. The van der Waals surface area contributed by atoms with E-state index >= 15 is 0 Å². The SMILES string of the molecule is CC(C)CC(COO)(C(=O)O)C(C)(C)C. The van der Waals surface area contributed by atoms with Gasteiger partial charge in [0, 0.05) is 0 Å². The molecule has 0 radical (unpaired) electrons. The summed E-state index contributed by atoms with van der Waals surface area (Å²) in [6.07, 6.45) is 0.479. The predicted molar refractivity (Wildman–Crippen MR) is 57.6 cm³/mol. The number of carboxylic acid groups (broad SMARTS) is 1. The Morgan fingerprint density at radius 3 is 2.00 bits per heavy atom. The van der Waals surface area contributed by atoms with E-state index in [9.17, 15) is 9.90 Å². The van der Waals surface area contributed by atoms with Crippen molar-refractivity contribution in [2.24, 2.45) is 16.7 Å². The van der Waals surface area contributed by atoms with Crippen LogP contribution >= 0.6 is 0 Å². The lowest BCUT2D eigenvalue weighted by molar-refractivity contribution is -0.273. The minimum absolute atomic E-state index is 0.177. The Hall–Kier alpha value is -0.610. The molecule has 0 aliphatic heterocycles. The van der Waals surface area contributed by atoms with Gasteiger partial charge in [0.05, 0.1) is 12.0 Å². The van der Waals surface area contributed by atoms with E-state index in [4.69, 9.17) is 5.26 Å². The lowest BCUT2D eigenvalue weighted by Gasteiger charge is -2.41. The Bertz CT molecular complexity index is 217. The molecule has 0 amide bonds. The van der Waals surface area contributed by atoms with E-state index in [2.05, 4.69) is 4.89 Å². The van der Waals surface area contributed by atoms with Crippen molar-refractivity contribution >= 4 is 5.97 Å². The monoisotopic (exact) mass is 218 g/mol. The molecule has 0 aliphatic rings. The van der Waals surface area contributed by atoms with Crippen LogP contribution in [0.25, 0.3) is 0 Å². The molecule has 1 unspecified atom stereocenters. The fourth-order valence-corrected chi connectivity index (χ4v) is 1.86. The van der Waals surface area contributed by atoms with E-state index < -0.39 is 16.8 Å². The maximum absolute atomic E-state index is 11.4. The zero-order valence-electron chi connectivity index (χ0n) is 10.2. The lowest BCUT2D eigenvalue weighted by Crippen LogP contribution is -2.47. The third-order valence-electron chi connectivity index (χ3n) is 2.91. The third-order valence-corrected chi connectivity index (χ3v) is 2.91. The first-order valence-corrected chi connectivity index (χ1v) is 5.17. The fraction of sp³-hybridized carbons (Fsp3) is 0.909. The Balaban J connectivity index is 5.18. The van der Waals surface area contributed by atoms with Crippen molar-refractivity contribution in [2.45, 2.75) is 41.0 Å². The first kappa shape index (κ1) is 14.4. The van der Waals surface area contributed by atoms with Gasteiger partial charge in [-0.3, -0.25) is 10.1 Å². The summed E-state index contributed by atoms with van der Waals surface area (Å²) in [5, 5.41) is 17.9. The largest absolute Gasteiger partial charge is 0.481 e. The molecule has 0 fully saturated rings. The molecule has 0 rings (SSSR count). The van der Waals surface area contributed by atoms with Gasteiger partial charge in [-0.2, -0.15) is 0 Å². The van der Waals surface area contributed by atoms with Gasteiger partial charge in [0.2, 0.25) is 0 Å². The number of carboxylic acids is 1. The molecule has 15 heavy (non-hydrogen) atoms. The molecular weight excluding hydrogens is 196 g/mol. The van der Waals surface area contributed by atoms with Gasteiger partial charge in [0.15, 0.2) is 0 Å². The molecule has 2 N–H and O–H groups in total. The summed E-state index contributed by atoms with van der Waals surface area (Å²) in [6.45, 7) is 9.29. The van der Waals surface area contributed by atoms with Crippen molar-refractivity contribution in [1.82, 2.24) is 0 Å². The molecule has 0 aromatic carbocycles. The number of hydrogen-bond acceptors (Lipinski definition) is 3. The van der Waals surface area contributed by atoms with E-state index in [1.54, 1.807) is 0 Å². The summed E-state index contributed by atoms with van der Waals surface area (Å²) in [5.74, 6) is -0.687. The minimum atomic E-state index is -1.05. The van der Waals surface area contributed by atoms with E-state index in [0.717, 1.165) is 0 Å². The standard InChI is InChI=1S/C11H22O4/c1-8(2)6-11(7-15-14,9(12)13)10(3,4)5/h8,14H,6-7H2,1-5H3,(H,12,13). The zero-order valence-corrected chi connectivity index (χ0v) is 10.2. The van der Waals surface area contributed by atoms with Gasteiger partial charge in [-0.25, -0.2) is 4.89 Å². The fourth-order valence-electron chi connectivity index (χ4n) is 1.86. The summed E-state index contributed by atoms with van der Waals surface area (Å²) in [6, 6.07) is 0. The number of rotatable bonds is 5. The first-order chi connectivity index (χ1) is 6.67. The van der Waals surface area contributed by atoms with Crippen LogP contribution in [0.1, 0.15) is 41.0 Å². The molecule has 90 valence electrons. The van der Waals surface area contributed by atoms with Gasteiger partial charge in [-0.05, 0) is 17.8 Å². The zero-order chi connectivity index (χ0) is 12.3. The van der Waals surface area contributed by atoms with E-state index in [-0.39, 0.29) is 12.5 Å². The number of aliphatic carboxylic acids is 1. The van der Waals surface area contributed by atoms with Crippen molar-refractivity contribution in [3.05, 3.63) is 0 Å². The van der Waals surface area contributed by atoms with Crippen LogP contribution in [0.2, 0.25) is 0 Å². The van der Waals surface area contributed by atoms with Crippen molar-refractivity contribution in [3.63, 3.8) is 0 Å². The second kappa shape index (κ2) is 4.94. The Kier molecular flexibility index (Phi) is 4.74. The second-order valence-corrected chi connectivity index (χ2v) is 5.51. The number of carbonyl (C=O) groups is 1. The number of hydrogen-bond donors (Lipinski definition) is 2. The molecule has 0 saturated carbocycles. The van der Waals surface area contributed by atoms with Crippen molar-refractivity contribution in [1.29, 1.82) is 0 Å². The summed E-state index contributed by atoms with van der Waals surface area (Å²) in [4.78, 5) is 15.5. The summed E-state index contributed by atoms with van der Waals surface area (Å²) < 4.78 is 0. The molecule has 0 aromatic rings. The van der Waals surface area contributed by atoms with Gasteiger partial charge in [0.25, 0.3) is 0 Å². The Labute approximate surface area is 91.2 Å². The highest BCUT2D eigenvalue weighted by Gasteiger charge is 2.49. The van der Waals surface area contributed by atoms with Gasteiger partial charge in [0.1, 0.15) is 0 Å². The van der Waals surface area contributed by atoms with Crippen LogP contribution in [0.15, 0.2) is 0 Å². The predicted octanol–water partition coefficient (Wildman–Crippen LogP) is 2.64. The topological polar surface area (TPSA) is 66.8 Å². The quantitative estimate of drug-likeness (QED) is 0.550. The highest BCUT2D eigenvalue weighted by molar-refractivity contribution is 5.75. The maximum atomic E-state index is 11.4. The first-order valence-electron chi connectivity index (χ1n) is 5.17. The summed E-state index contributed by atoms with van der Waals surface area (Å²) in [7, 11) is 0. The van der Waals surface area contributed by atoms with Gasteiger partial charge in [-0.15, -0.1) is 0 Å². The average molecular weight is 218 g/mol. The third kappa shape index (κ3) is 3.18. The molecule has 0 spiro atoms. The van der Waals surface area contributed by atoms with Crippen LogP contribution < -0.4 is 0 Å². The molecular formula is C11H22O4. The van der Waals surface area contributed by atoms with Crippen molar-refractivity contribution in [3.8, 4) is 0 Å². The van der Waals surface area contributed by atoms with E-state index in [0.29, 0.717) is 6.42 Å². The molecule has 0 aromatic heterocycles. The smallest absolute Gasteiger partial charge is 0.312 e. The van der Waals surface area contributed by atoms with Crippen LogP contribution in [-0.2, 0) is 9.68 Å². The highest BCUT2D eigenvalue weighted by atomic mass is 17.1. The molecule has 0 saturated heterocycles. The molecule has 4 nitrogen and oxygen atoms in total. The molecule has 0 aliphatic carbocycles. The van der Waals surface area contributed by atoms with Gasteiger partial charge >= 0.3 is 5.97 Å². The van der Waals surface area contributed by atoms with Crippen LogP contribution in [0, 0.1) is 16.7 Å². The Morgan fingerprint density at radius 1 is 1.33 bits per heavy atom. The average Bonchev–Trinajstić information content (AvgIpc) is 1.99. The maximum Gasteiger partial charge on any atom is 0.312 e. The summed E-state index contributed by atoms with van der Waals surface area (Å²) >= 11 is 0. The van der Waals surface area contributed by atoms with E-state index in [1.165, 1.54) is 0 Å². The van der Waals surface area contributed by atoms with Crippen LogP contribution in [-0.4, -0.2) is 22.9 Å². The van der Waals surface area contributed by atoms with Crippen LogP contribution in [0.3, 0.4) is 0 Å². The molecule has 0 bridgehead atoms. The van der Waals surface area contributed by atoms with E-state index in [1.807, 2.05) is 34.6 Å². The molecule has 0 heterocycles. The Morgan fingerprint density at radius 2 is 1.80 bits per heavy atom. The lowest BCUT2D eigenvalue weighted by atomic mass is 9.63. The van der Waals surface area contributed by atoms with Crippen LogP contribution in [0.5, 0.6) is 0 Å². The highest BCUT2D eigenvalue weighted by Crippen LogP contribution is 2.44. The second-order valence-electron chi connectivity index (χ2n) is 5.51. The molecule has 1 atom stereocenters. The normalized spacial score (nSPS) is 16.5. The van der Waals surface area contributed by atoms with Gasteiger partial charge < -0.3 is 5.11 Å². The van der Waals surface area contributed by atoms with Crippen LogP contribution in [0.4, 0.5) is 0 Å². The van der Waals surface area contributed by atoms with Crippen molar-refractivity contribution < 1.29 is 20.0 Å². The van der Waals surface area contributed by atoms with Crippen molar-refractivity contribution in [2.75, 3.05) is 6.61 Å².